The minimum Gasteiger partial charge on any atom is -0.390 e. The molecule has 2 atom stereocenters. The van der Waals surface area contributed by atoms with E-state index in [2.05, 4.69) is 10.6 Å². The number of carbonyl (C=O) groups is 1. The molecule has 0 bridgehead atoms. The van der Waals surface area contributed by atoms with E-state index in [0.29, 0.717) is 5.56 Å². The number of halogens is 3. The van der Waals surface area contributed by atoms with E-state index >= 15 is 0 Å². The molecule has 4 aromatic rings. The third-order valence-electron chi connectivity index (χ3n) is 6.90. The second kappa shape index (κ2) is 14.4. The summed E-state index contributed by atoms with van der Waals surface area (Å²) >= 11 is 0. The number of carbonyl (C=O) groups excluding carboxylic acids is 1. The molecule has 0 spiro atoms. The van der Waals surface area contributed by atoms with Crippen LogP contribution in [0.3, 0.4) is 0 Å². The maximum atomic E-state index is 13.5. The first-order chi connectivity index (χ1) is 21.3. The molecule has 0 fully saturated rings. The van der Waals surface area contributed by atoms with Gasteiger partial charge >= 0.3 is 6.18 Å². The fraction of sp³-hybridized carbons (Fsp3) is 0.212. The SMILES string of the molecule is CS(=O)(=O)N(c1cccc(C#N)c1)c1cccc(C(=O)N[C@@H](Cc2ccccc2)[C@H](O)CNCc2cccc(C(F)(F)F)c2)c1. The molecule has 1 amide bonds. The second-order valence-electron chi connectivity index (χ2n) is 10.4. The molecule has 12 heteroatoms. The largest absolute Gasteiger partial charge is 0.416 e. The lowest BCUT2D eigenvalue weighted by molar-refractivity contribution is -0.137. The number of hydrogen-bond acceptors (Lipinski definition) is 6. The summed E-state index contributed by atoms with van der Waals surface area (Å²) in [5, 5.41) is 26.2. The molecule has 0 saturated heterocycles. The molecule has 0 aliphatic carbocycles. The highest BCUT2D eigenvalue weighted by Crippen LogP contribution is 2.31. The summed E-state index contributed by atoms with van der Waals surface area (Å²) in [6.45, 7) is 0.0223. The zero-order chi connectivity index (χ0) is 32.6. The number of anilines is 2. The maximum absolute atomic E-state index is 13.5. The van der Waals surface area contributed by atoms with E-state index < -0.39 is 39.8 Å². The van der Waals surface area contributed by atoms with Gasteiger partial charge in [-0.05, 0) is 60.0 Å². The smallest absolute Gasteiger partial charge is 0.390 e. The Morgan fingerprint density at radius 1 is 0.911 bits per heavy atom. The molecule has 45 heavy (non-hydrogen) atoms. The Bertz CT molecular complexity index is 1780. The van der Waals surface area contributed by atoms with Gasteiger partial charge in [-0.2, -0.15) is 18.4 Å². The molecule has 0 radical (unpaired) electrons. The summed E-state index contributed by atoms with van der Waals surface area (Å²) in [6.07, 6.45) is -4.35. The molecular formula is C33H31F3N4O4S. The molecule has 0 saturated carbocycles. The number of nitriles is 1. The Balaban J connectivity index is 1.53. The van der Waals surface area contributed by atoms with Gasteiger partial charge in [-0.15, -0.1) is 0 Å². The fourth-order valence-corrected chi connectivity index (χ4v) is 5.77. The van der Waals surface area contributed by atoms with Gasteiger partial charge in [0.15, 0.2) is 0 Å². The van der Waals surface area contributed by atoms with Crippen LogP contribution in [0.15, 0.2) is 103 Å². The second-order valence-corrected chi connectivity index (χ2v) is 12.2. The van der Waals surface area contributed by atoms with E-state index in [0.717, 1.165) is 28.3 Å². The van der Waals surface area contributed by atoms with Crippen molar-refractivity contribution in [3.63, 3.8) is 0 Å². The molecular weight excluding hydrogens is 605 g/mol. The predicted molar refractivity (Wildman–Crippen MR) is 165 cm³/mol. The molecule has 0 aliphatic rings. The van der Waals surface area contributed by atoms with Crippen LogP contribution in [0.4, 0.5) is 24.5 Å². The Kier molecular flexibility index (Phi) is 10.6. The Morgan fingerprint density at radius 2 is 1.56 bits per heavy atom. The van der Waals surface area contributed by atoms with Crippen LogP contribution in [0, 0.1) is 11.3 Å². The van der Waals surface area contributed by atoms with Crippen LogP contribution in [0.1, 0.15) is 32.6 Å². The van der Waals surface area contributed by atoms with Crippen LogP contribution in [0.5, 0.6) is 0 Å². The van der Waals surface area contributed by atoms with Crippen molar-refractivity contribution in [1.29, 1.82) is 5.26 Å². The summed E-state index contributed by atoms with van der Waals surface area (Å²) in [7, 11) is -3.88. The van der Waals surface area contributed by atoms with Gasteiger partial charge in [-0.3, -0.25) is 4.79 Å². The molecule has 0 unspecified atom stereocenters. The lowest BCUT2D eigenvalue weighted by Gasteiger charge is -2.26. The zero-order valence-electron chi connectivity index (χ0n) is 24.2. The van der Waals surface area contributed by atoms with Crippen LogP contribution in [0.2, 0.25) is 0 Å². The summed E-state index contributed by atoms with van der Waals surface area (Å²) < 4.78 is 65.9. The number of aliphatic hydroxyl groups is 1. The van der Waals surface area contributed by atoms with Crippen LogP contribution >= 0.6 is 0 Å². The number of aliphatic hydroxyl groups excluding tert-OH is 1. The van der Waals surface area contributed by atoms with Crippen molar-refractivity contribution >= 4 is 27.3 Å². The van der Waals surface area contributed by atoms with Crippen LogP contribution in [-0.2, 0) is 29.2 Å². The lowest BCUT2D eigenvalue weighted by atomic mass is 10.00. The third-order valence-corrected chi connectivity index (χ3v) is 7.99. The van der Waals surface area contributed by atoms with Gasteiger partial charge in [0.1, 0.15) is 0 Å². The number of sulfonamides is 1. The van der Waals surface area contributed by atoms with E-state index in [-0.39, 0.29) is 42.0 Å². The van der Waals surface area contributed by atoms with Gasteiger partial charge in [0, 0.05) is 18.7 Å². The molecule has 0 aliphatic heterocycles. The van der Waals surface area contributed by atoms with Crippen molar-refractivity contribution in [2.24, 2.45) is 0 Å². The Morgan fingerprint density at radius 3 is 2.22 bits per heavy atom. The summed E-state index contributed by atoms with van der Waals surface area (Å²) in [4.78, 5) is 13.5. The molecule has 4 aromatic carbocycles. The molecule has 234 valence electrons. The van der Waals surface area contributed by atoms with Crippen LogP contribution < -0.4 is 14.9 Å². The van der Waals surface area contributed by atoms with Crippen molar-refractivity contribution < 1.29 is 31.5 Å². The topological polar surface area (TPSA) is 123 Å². The standard InChI is InChI=1S/C33H31F3N4O4S/c1-45(43,44)40(28-14-6-10-24(17-28)20-37)29-15-7-12-26(19-29)32(42)39-30(18-23-8-3-2-4-9-23)31(41)22-38-21-25-11-5-13-27(16-25)33(34,35)36/h2-17,19,30-31,38,41H,18,21-22H2,1H3,(H,39,42)/t30-,31+/m0/s1. The maximum Gasteiger partial charge on any atom is 0.416 e. The summed E-state index contributed by atoms with van der Waals surface area (Å²) in [5.74, 6) is -0.575. The normalized spacial score (nSPS) is 13.0. The van der Waals surface area contributed by atoms with Gasteiger partial charge in [-0.1, -0.05) is 60.7 Å². The van der Waals surface area contributed by atoms with Gasteiger partial charge < -0.3 is 15.7 Å². The molecule has 0 heterocycles. The Hall–Kier alpha value is -4.70. The number of rotatable bonds is 12. The number of nitrogens with zero attached hydrogens (tertiary/aromatic N) is 2. The predicted octanol–water partition coefficient (Wildman–Crippen LogP) is 5.17. The number of amides is 1. The minimum absolute atomic E-state index is 0.0366. The summed E-state index contributed by atoms with van der Waals surface area (Å²) in [6, 6.07) is 27.2. The fourth-order valence-electron chi connectivity index (χ4n) is 4.77. The van der Waals surface area contributed by atoms with E-state index in [9.17, 15) is 36.8 Å². The quantitative estimate of drug-likeness (QED) is 0.197. The van der Waals surface area contributed by atoms with Crippen LogP contribution in [0.25, 0.3) is 0 Å². The van der Waals surface area contributed by atoms with Crippen molar-refractivity contribution in [3.8, 4) is 6.07 Å². The van der Waals surface area contributed by atoms with E-state index in [4.69, 9.17) is 0 Å². The van der Waals surface area contributed by atoms with Gasteiger partial charge in [0.05, 0.1) is 47.0 Å². The van der Waals surface area contributed by atoms with Crippen LogP contribution in [-0.4, -0.2) is 44.4 Å². The zero-order valence-corrected chi connectivity index (χ0v) is 25.0. The first-order valence-corrected chi connectivity index (χ1v) is 15.7. The molecule has 3 N–H and O–H groups in total. The minimum atomic E-state index is -4.48. The number of hydrogen-bond donors (Lipinski definition) is 3. The number of nitrogens with one attached hydrogen (secondary N) is 2. The van der Waals surface area contributed by atoms with Gasteiger partial charge in [0.25, 0.3) is 5.91 Å². The highest BCUT2D eigenvalue weighted by Gasteiger charge is 2.30. The average Bonchev–Trinajstić information content (AvgIpc) is 3.00. The van der Waals surface area contributed by atoms with E-state index in [1.807, 2.05) is 36.4 Å². The summed E-state index contributed by atoms with van der Waals surface area (Å²) in [5.41, 5.74) is 1.21. The van der Waals surface area contributed by atoms with Crippen molar-refractivity contribution in [3.05, 3.63) is 131 Å². The number of alkyl halides is 3. The lowest BCUT2D eigenvalue weighted by Crippen LogP contribution is -2.48. The third kappa shape index (κ3) is 9.15. The highest BCUT2D eigenvalue weighted by atomic mass is 32.2. The average molecular weight is 637 g/mol. The van der Waals surface area contributed by atoms with Crippen molar-refractivity contribution in [2.75, 3.05) is 17.1 Å². The monoisotopic (exact) mass is 636 g/mol. The molecule has 8 nitrogen and oxygen atoms in total. The van der Waals surface area contributed by atoms with Gasteiger partial charge in [-0.25, -0.2) is 12.7 Å². The van der Waals surface area contributed by atoms with E-state index in [1.165, 1.54) is 42.5 Å². The Labute approximate surface area is 259 Å². The molecule has 4 rings (SSSR count). The first kappa shape index (κ1) is 33.2. The van der Waals surface area contributed by atoms with Crippen molar-refractivity contribution in [2.45, 2.75) is 31.3 Å². The highest BCUT2D eigenvalue weighted by molar-refractivity contribution is 7.92. The molecule has 0 aromatic heterocycles. The first-order valence-electron chi connectivity index (χ1n) is 13.9. The van der Waals surface area contributed by atoms with Crippen molar-refractivity contribution in [1.82, 2.24) is 10.6 Å². The number of benzene rings is 4. The van der Waals surface area contributed by atoms with E-state index in [1.54, 1.807) is 18.2 Å². The van der Waals surface area contributed by atoms with Gasteiger partial charge in [0.2, 0.25) is 10.0 Å².